The second kappa shape index (κ2) is 10.0. The number of methoxy groups -OCH3 is 1. The van der Waals surface area contributed by atoms with Crippen LogP contribution < -0.4 is 37.3 Å². The molecule has 1 aromatic carbocycles. The summed E-state index contributed by atoms with van der Waals surface area (Å²) < 4.78 is 11.1. The SMILES string of the molecule is COc1cc(Nc2nc(N[C@@H]3CCOC[C@@H]3N)nnc2C(N)=O)cc2c1=CCCN(C(C)(C)C)C=2. The van der Waals surface area contributed by atoms with Crippen molar-refractivity contribution in [2.45, 2.75) is 51.2 Å². The highest BCUT2D eigenvalue weighted by atomic mass is 16.5. The molecule has 0 spiro atoms. The van der Waals surface area contributed by atoms with E-state index in [1.54, 1.807) is 7.11 Å². The highest BCUT2D eigenvalue weighted by molar-refractivity contribution is 5.96. The lowest BCUT2D eigenvalue weighted by atomic mass is 10.1. The number of ether oxygens (including phenoxy) is 2. The van der Waals surface area contributed by atoms with E-state index in [4.69, 9.17) is 20.9 Å². The fourth-order valence-corrected chi connectivity index (χ4v) is 4.21. The standard InChI is InChI=1S/C24H34N8O3/c1-24(2,3)32-8-5-6-16-14(12-32)10-15(11-19(16)34-4)27-22-20(21(26)33)30-31-23(29-22)28-18-7-9-35-13-17(18)25/h6,10-12,17-18H,5,7-9,13,25H2,1-4H3,(H2,26,33)(H2,27,28,29,31)/t17-,18+/m0/s1. The maximum Gasteiger partial charge on any atom is 0.273 e. The third-order valence-corrected chi connectivity index (χ3v) is 6.17. The van der Waals surface area contributed by atoms with Crippen molar-refractivity contribution in [1.82, 2.24) is 20.1 Å². The van der Waals surface area contributed by atoms with Gasteiger partial charge in [-0.2, -0.15) is 4.98 Å². The summed E-state index contributed by atoms with van der Waals surface area (Å²) in [5.74, 6) is 0.428. The van der Waals surface area contributed by atoms with Crippen LogP contribution in [0.1, 0.15) is 44.1 Å². The van der Waals surface area contributed by atoms with Crippen LogP contribution in [-0.4, -0.2) is 70.5 Å². The molecular weight excluding hydrogens is 448 g/mol. The van der Waals surface area contributed by atoms with E-state index in [1.807, 2.05) is 12.1 Å². The van der Waals surface area contributed by atoms with Crippen molar-refractivity contribution in [3.05, 3.63) is 28.3 Å². The lowest BCUT2D eigenvalue weighted by Gasteiger charge is -2.34. The zero-order valence-electron chi connectivity index (χ0n) is 20.7. The summed E-state index contributed by atoms with van der Waals surface area (Å²) in [6, 6.07) is 3.58. The minimum Gasteiger partial charge on any atom is -0.496 e. The number of aromatic nitrogens is 3. The molecule has 1 amide bonds. The molecule has 4 rings (SSSR count). The normalized spacial score (nSPS) is 20.1. The van der Waals surface area contributed by atoms with Gasteiger partial charge >= 0.3 is 0 Å². The number of nitrogens with two attached hydrogens (primary N) is 2. The monoisotopic (exact) mass is 482 g/mol. The zero-order chi connectivity index (χ0) is 25.2. The van der Waals surface area contributed by atoms with Crippen molar-refractivity contribution in [3.63, 3.8) is 0 Å². The largest absolute Gasteiger partial charge is 0.496 e. The highest BCUT2D eigenvalue weighted by Crippen LogP contribution is 2.22. The summed E-state index contributed by atoms with van der Waals surface area (Å²) in [6.45, 7) is 8.48. The minimum atomic E-state index is -0.734. The topological polar surface area (TPSA) is 154 Å². The van der Waals surface area contributed by atoms with Crippen LogP contribution in [-0.2, 0) is 4.74 Å². The van der Waals surface area contributed by atoms with Gasteiger partial charge in [0, 0.05) is 59.2 Å². The number of amides is 1. The molecule has 0 unspecified atom stereocenters. The van der Waals surface area contributed by atoms with E-state index >= 15 is 0 Å². The van der Waals surface area contributed by atoms with Gasteiger partial charge in [-0.05, 0) is 39.7 Å². The highest BCUT2D eigenvalue weighted by Gasteiger charge is 2.24. The van der Waals surface area contributed by atoms with Crippen molar-refractivity contribution in [2.75, 3.05) is 37.5 Å². The van der Waals surface area contributed by atoms with Gasteiger partial charge in [0.25, 0.3) is 5.91 Å². The molecule has 2 aromatic rings. The Balaban J connectivity index is 1.72. The molecule has 188 valence electrons. The molecule has 1 fully saturated rings. The molecule has 1 saturated heterocycles. The van der Waals surface area contributed by atoms with Crippen molar-refractivity contribution >= 4 is 35.6 Å². The summed E-state index contributed by atoms with van der Waals surface area (Å²) >= 11 is 0. The third kappa shape index (κ3) is 5.63. The maximum atomic E-state index is 12.1. The second-order valence-electron chi connectivity index (χ2n) is 9.77. The number of carbonyl (C=O) groups excluding carboxylic acids is 1. The number of hydrogen-bond donors (Lipinski definition) is 4. The molecule has 6 N–H and O–H groups in total. The summed E-state index contributed by atoms with van der Waals surface area (Å²) in [5.41, 5.74) is 12.3. The second-order valence-corrected chi connectivity index (χ2v) is 9.77. The maximum absolute atomic E-state index is 12.1. The molecule has 1 aromatic heterocycles. The van der Waals surface area contributed by atoms with Gasteiger partial charge in [0.15, 0.2) is 11.5 Å². The Kier molecular flexibility index (Phi) is 7.08. The lowest BCUT2D eigenvalue weighted by Crippen LogP contribution is -2.48. The summed E-state index contributed by atoms with van der Waals surface area (Å²) in [7, 11) is 1.64. The fraction of sp³-hybridized carbons (Fsp3) is 0.500. The number of nitrogens with zero attached hydrogens (tertiary/aromatic N) is 4. The third-order valence-electron chi connectivity index (χ3n) is 6.17. The number of hydrogen-bond acceptors (Lipinski definition) is 10. The summed E-state index contributed by atoms with van der Waals surface area (Å²) in [6.07, 6.45) is 5.93. The van der Waals surface area contributed by atoms with Gasteiger partial charge in [-0.25, -0.2) is 0 Å². The van der Waals surface area contributed by atoms with Crippen LogP contribution in [0.15, 0.2) is 12.1 Å². The predicted octanol–water partition coefficient (Wildman–Crippen LogP) is 0.274. The van der Waals surface area contributed by atoms with Crippen molar-refractivity contribution in [1.29, 1.82) is 0 Å². The Bertz CT molecular complexity index is 1210. The van der Waals surface area contributed by atoms with Crippen LogP contribution in [0.5, 0.6) is 5.75 Å². The summed E-state index contributed by atoms with van der Waals surface area (Å²) in [5, 5.41) is 16.5. The Labute approximate surface area is 204 Å². The van der Waals surface area contributed by atoms with Crippen molar-refractivity contribution < 1.29 is 14.3 Å². The molecule has 3 heterocycles. The lowest BCUT2D eigenvalue weighted by molar-refractivity contribution is 0.0751. The van der Waals surface area contributed by atoms with Crippen LogP contribution in [0.2, 0.25) is 0 Å². The van der Waals surface area contributed by atoms with Crippen molar-refractivity contribution in [2.24, 2.45) is 11.5 Å². The van der Waals surface area contributed by atoms with Gasteiger partial charge < -0.3 is 36.5 Å². The van der Waals surface area contributed by atoms with Gasteiger partial charge in [-0.3, -0.25) is 4.79 Å². The number of carbonyl (C=O) groups is 1. The number of fused-ring (bicyclic) bond motifs is 1. The van der Waals surface area contributed by atoms with Gasteiger partial charge in [-0.15, -0.1) is 10.2 Å². The van der Waals surface area contributed by atoms with Crippen molar-refractivity contribution in [3.8, 4) is 5.75 Å². The van der Waals surface area contributed by atoms with Gasteiger partial charge in [0.05, 0.1) is 13.7 Å². The first kappa shape index (κ1) is 24.7. The molecule has 35 heavy (non-hydrogen) atoms. The summed E-state index contributed by atoms with van der Waals surface area (Å²) in [4.78, 5) is 18.9. The van der Waals surface area contributed by atoms with Crippen LogP contribution in [0.3, 0.4) is 0 Å². The smallest absolute Gasteiger partial charge is 0.273 e. The Morgan fingerprint density at radius 1 is 1.29 bits per heavy atom. The molecule has 0 aliphatic carbocycles. The molecule has 0 saturated carbocycles. The van der Waals surface area contributed by atoms with Crippen LogP contribution in [0.25, 0.3) is 12.3 Å². The first-order valence-corrected chi connectivity index (χ1v) is 11.7. The predicted molar refractivity (Wildman–Crippen MR) is 135 cm³/mol. The fourth-order valence-electron chi connectivity index (χ4n) is 4.21. The minimum absolute atomic E-state index is 0.0343. The first-order valence-electron chi connectivity index (χ1n) is 11.7. The quantitative estimate of drug-likeness (QED) is 0.451. The molecule has 11 nitrogen and oxygen atoms in total. The van der Waals surface area contributed by atoms with E-state index in [9.17, 15) is 4.79 Å². The Morgan fingerprint density at radius 2 is 2.09 bits per heavy atom. The number of primary amides is 1. The average Bonchev–Trinajstić information content (AvgIpc) is 3.03. The van der Waals surface area contributed by atoms with Crippen LogP contribution in [0.4, 0.5) is 17.5 Å². The number of anilines is 3. The molecular formula is C24H34N8O3. The van der Waals surface area contributed by atoms with Crippen LogP contribution in [0, 0.1) is 0 Å². The van der Waals surface area contributed by atoms with E-state index in [2.05, 4.69) is 63.8 Å². The van der Waals surface area contributed by atoms with E-state index in [0.717, 1.165) is 23.4 Å². The number of benzene rings is 1. The Hall–Kier alpha value is -3.44. The number of rotatable bonds is 6. The van der Waals surface area contributed by atoms with Gasteiger partial charge in [0.1, 0.15) is 5.75 Å². The van der Waals surface area contributed by atoms with Gasteiger partial charge in [0.2, 0.25) is 5.95 Å². The average molecular weight is 483 g/mol. The van der Waals surface area contributed by atoms with E-state index in [0.29, 0.717) is 31.1 Å². The molecule has 2 atom stereocenters. The van der Waals surface area contributed by atoms with E-state index in [-0.39, 0.29) is 35.1 Å². The molecule has 2 aliphatic heterocycles. The zero-order valence-corrected chi connectivity index (χ0v) is 20.7. The molecule has 0 bridgehead atoms. The van der Waals surface area contributed by atoms with E-state index in [1.165, 1.54) is 0 Å². The molecule has 0 radical (unpaired) electrons. The number of nitrogens with one attached hydrogen (secondary N) is 2. The molecule has 11 heteroatoms. The van der Waals surface area contributed by atoms with Gasteiger partial charge in [-0.1, -0.05) is 6.08 Å². The van der Waals surface area contributed by atoms with Crippen LogP contribution >= 0.6 is 0 Å². The molecule has 2 aliphatic rings. The van der Waals surface area contributed by atoms with E-state index < -0.39 is 5.91 Å². The Morgan fingerprint density at radius 3 is 2.77 bits per heavy atom. The first-order chi connectivity index (χ1) is 16.7.